The molecule has 0 fully saturated rings. The minimum atomic E-state index is -0.480. The summed E-state index contributed by atoms with van der Waals surface area (Å²) >= 11 is 0. The fraction of sp³-hybridized carbons (Fsp3) is 0.167. The van der Waals surface area contributed by atoms with Gasteiger partial charge in [0, 0.05) is 17.5 Å². The van der Waals surface area contributed by atoms with Crippen molar-refractivity contribution >= 4 is 23.2 Å². The normalized spacial score (nSPS) is 10.4. The Balaban J connectivity index is 0.00000225. The van der Waals surface area contributed by atoms with Crippen LogP contribution in [-0.2, 0) is 0 Å². The number of fused-ring (bicyclic) bond motifs is 1. The summed E-state index contributed by atoms with van der Waals surface area (Å²) in [6.07, 6.45) is 0. The molecule has 0 bridgehead atoms. The van der Waals surface area contributed by atoms with Crippen LogP contribution in [0, 0.1) is 5.82 Å². The zero-order chi connectivity index (χ0) is 17.1. The summed E-state index contributed by atoms with van der Waals surface area (Å²) in [5.41, 5.74) is 6.38. The van der Waals surface area contributed by atoms with Gasteiger partial charge < -0.3 is 20.2 Å². The van der Waals surface area contributed by atoms with Crippen LogP contribution in [0.3, 0.4) is 0 Å². The maximum Gasteiger partial charge on any atom is 0.256 e. The molecule has 0 aliphatic heterocycles. The number of pyridine rings is 1. The SMILES string of the molecule is COc1cccc(-c2[nH]c(=O)c3cc(F)ccc3c2OCCN)c1.Cl. The van der Waals surface area contributed by atoms with E-state index in [9.17, 15) is 9.18 Å². The first-order valence-corrected chi connectivity index (χ1v) is 7.47. The zero-order valence-electron chi connectivity index (χ0n) is 13.5. The summed E-state index contributed by atoms with van der Waals surface area (Å²) in [4.78, 5) is 15.2. The molecule has 25 heavy (non-hydrogen) atoms. The fourth-order valence-corrected chi connectivity index (χ4v) is 2.57. The molecule has 7 heteroatoms. The molecule has 0 aliphatic carbocycles. The van der Waals surface area contributed by atoms with Crippen molar-refractivity contribution in [3.8, 4) is 22.8 Å². The van der Waals surface area contributed by atoms with E-state index in [2.05, 4.69) is 4.98 Å². The summed E-state index contributed by atoms with van der Waals surface area (Å²) in [6.45, 7) is 0.592. The van der Waals surface area contributed by atoms with E-state index < -0.39 is 5.82 Å². The van der Waals surface area contributed by atoms with Crippen LogP contribution in [-0.4, -0.2) is 25.2 Å². The third-order valence-electron chi connectivity index (χ3n) is 3.66. The monoisotopic (exact) mass is 364 g/mol. The maximum absolute atomic E-state index is 13.5. The molecule has 0 unspecified atom stereocenters. The topological polar surface area (TPSA) is 77.3 Å². The molecule has 0 radical (unpaired) electrons. The van der Waals surface area contributed by atoms with Gasteiger partial charge in [0.25, 0.3) is 5.56 Å². The van der Waals surface area contributed by atoms with Crippen molar-refractivity contribution < 1.29 is 13.9 Å². The fourth-order valence-electron chi connectivity index (χ4n) is 2.57. The number of nitrogens with two attached hydrogens (primary N) is 1. The van der Waals surface area contributed by atoms with Crippen LogP contribution in [0.1, 0.15) is 0 Å². The van der Waals surface area contributed by atoms with E-state index in [-0.39, 0.29) is 30.0 Å². The lowest BCUT2D eigenvalue weighted by molar-refractivity contribution is 0.332. The van der Waals surface area contributed by atoms with E-state index in [1.807, 2.05) is 12.1 Å². The largest absolute Gasteiger partial charge is 0.497 e. The average Bonchev–Trinajstić information content (AvgIpc) is 2.61. The Kier molecular flexibility index (Phi) is 6.01. The van der Waals surface area contributed by atoms with Crippen molar-refractivity contribution in [2.45, 2.75) is 0 Å². The number of aromatic nitrogens is 1. The Labute approximate surface area is 150 Å². The molecule has 0 atom stereocenters. The zero-order valence-corrected chi connectivity index (χ0v) is 14.4. The van der Waals surface area contributed by atoms with Gasteiger partial charge in [0.15, 0.2) is 5.75 Å². The van der Waals surface area contributed by atoms with Gasteiger partial charge in [-0.3, -0.25) is 4.79 Å². The molecule has 3 aromatic rings. The molecule has 132 valence electrons. The Hall–Kier alpha value is -2.57. The van der Waals surface area contributed by atoms with Gasteiger partial charge in [-0.15, -0.1) is 12.4 Å². The van der Waals surface area contributed by atoms with Crippen LogP contribution in [0.4, 0.5) is 4.39 Å². The molecule has 0 amide bonds. The third kappa shape index (κ3) is 3.75. The van der Waals surface area contributed by atoms with Crippen LogP contribution in [0.5, 0.6) is 11.5 Å². The van der Waals surface area contributed by atoms with Gasteiger partial charge in [-0.2, -0.15) is 0 Å². The number of benzene rings is 2. The van der Waals surface area contributed by atoms with Gasteiger partial charge in [-0.25, -0.2) is 4.39 Å². The number of aromatic amines is 1. The highest BCUT2D eigenvalue weighted by molar-refractivity contribution is 5.93. The predicted molar refractivity (Wildman–Crippen MR) is 98.3 cm³/mol. The third-order valence-corrected chi connectivity index (χ3v) is 3.66. The smallest absolute Gasteiger partial charge is 0.256 e. The molecule has 2 aromatic carbocycles. The predicted octanol–water partition coefficient (Wildman–Crippen LogP) is 3.10. The Morgan fingerprint density at radius 2 is 1.96 bits per heavy atom. The highest BCUT2D eigenvalue weighted by atomic mass is 35.5. The molecule has 0 saturated carbocycles. The quantitative estimate of drug-likeness (QED) is 0.729. The number of hydrogen-bond donors (Lipinski definition) is 2. The van der Waals surface area contributed by atoms with Gasteiger partial charge >= 0.3 is 0 Å². The molecule has 0 saturated heterocycles. The molecular formula is C18H18ClFN2O3. The van der Waals surface area contributed by atoms with Gasteiger partial charge in [0.1, 0.15) is 18.2 Å². The summed E-state index contributed by atoms with van der Waals surface area (Å²) in [5.74, 6) is 0.632. The Bertz CT molecular complexity index is 943. The second-order valence-electron chi connectivity index (χ2n) is 5.22. The van der Waals surface area contributed by atoms with Crippen molar-refractivity contribution in [2.24, 2.45) is 5.73 Å². The lowest BCUT2D eigenvalue weighted by Gasteiger charge is -2.14. The summed E-state index contributed by atoms with van der Waals surface area (Å²) in [6, 6.07) is 11.3. The van der Waals surface area contributed by atoms with Crippen LogP contribution in [0.2, 0.25) is 0 Å². The molecule has 3 rings (SSSR count). The van der Waals surface area contributed by atoms with E-state index in [1.165, 1.54) is 18.2 Å². The first-order chi connectivity index (χ1) is 11.6. The van der Waals surface area contributed by atoms with Gasteiger partial charge in [0.05, 0.1) is 18.2 Å². The van der Waals surface area contributed by atoms with Crippen molar-refractivity contribution in [3.63, 3.8) is 0 Å². The van der Waals surface area contributed by atoms with E-state index >= 15 is 0 Å². The molecule has 3 N–H and O–H groups in total. The minimum Gasteiger partial charge on any atom is -0.497 e. The van der Waals surface area contributed by atoms with E-state index in [0.717, 1.165) is 5.56 Å². The highest BCUT2D eigenvalue weighted by Crippen LogP contribution is 2.34. The number of methoxy groups -OCH3 is 1. The number of hydrogen-bond acceptors (Lipinski definition) is 4. The average molecular weight is 365 g/mol. The number of nitrogens with one attached hydrogen (secondary N) is 1. The lowest BCUT2D eigenvalue weighted by atomic mass is 10.1. The standard InChI is InChI=1S/C18H17FN2O3.ClH/c1-23-13-4-2-3-11(9-13)16-17(24-8-7-20)14-6-5-12(19)10-15(14)18(22)21-16;/h2-6,9-10H,7-8,20H2,1H3,(H,21,22);1H. The maximum atomic E-state index is 13.5. The number of H-pyrrole nitrogens is 1. The van der Waals surface area contributed by atoms with Crippen LogP contribution >= 0.6 is 12.4 Å². The first kappa shape index (κ1) is 18.8. The number of halogens is 2. The molecule has 1 aromatic heterocycles. The van der Waals surface area contributed by atoms with Gasteiger partial charge in [-0.05, 0) is 30.3 Å². The molecule has 0 aliphatic rings. The van der Waals surface area contributed by atoms with E-state index in [0.29, 0.717) is 29.1 Å². The Morgan fingerprint density at radius 3 is 2.68 bits per heavy atom. The Morgan fingerprint density at radius 1 is 1.16 bits per heavy atom. The first-order valence-electron chi connectivity index (χ1n) is 7.47. The van der Waals surface area contributed by atoms with Gasteiger partial charge in [-0.1, -0.05) is 12.1 Å². The molecule has 0 spiro atoms. The summed E-state index contributed by atoms with van der Waals surface area (Å²) in [7, 11) is 1.57. The van der Waals surface area contributed by atoms with Crippen molar-refractivity contribution in [1.29, 1.82) is 0 Å². The van der Waals surface area contributed by atoms with Crippen molar-refractivity contribution in [3.05, 3.63) is 58.6 Å². The number of rotatable bonds is 5. The summed E-state index contributed by atoms with van der Waals surface area (Å²) in [5, 5.41) is 0.764. The summed E-state index contributed by atoms with van der Waals surface area (Å²) < 4.78 is 24.5. The molecule has 5 nitrogen and oxygen atoms in total. The van der Waals surface area contributed by atoms with E-state index in [1.54, 1.807) is 19.2 Å². The van der Waals surface area contributed by atoms with Crippen LogP contribution in [0.25, 0.3) is 22.0 Å². The highest BCUT2D eigenvalue weighted by Gasteiger charge is 2.15. The molecule has 1 heterocycles. The van der Waals surface area contributed by atoms with Crippen molar-refractivity contribution in [1.82, 2.24) is 4.98 Å². The number of ether oxygens (including phenoxy) is 2. The van der Waals surface area contributed by atoms with Crippen molar-refractivity contribution in [2.75, 3.05) is 20.3 Å². The van der Waals surface area contributed by atoms with E-state index in [4.69, 9.17) is 15.2 Å². The van der Waals surface area contributed by atoms with Crippen LogP contribution in [0.15, 0.2) is 47.3 Å². The molecular weight excluding hydrogens is 347 g/mol. The minimum absolute atomic E-state index is 0. The second-order valence-corrected chi connectivity index (χ2v) is 5.22. The second kappa shape index (κ2) is 8.00. The lowest BCUT2D eigenvalue weighted by Crippen LogP contribution is -2.15. The van der Waals surface area contributed by atoms with Gasteiger partial charge in [0.2, 0.25) is 0 Å². The van der Waals surface area contributed by atoms with Crippen LogP contribution < -0.4 is 20.8 Å².